The predicted octanol–water partition coefficient (Wildman–Crippen LogP) is 4.60. The number of hydrogen-bond donors (Lipinski definition) is 1. The highest BCUT2D eigenvalue weighted by molar-refractivity contribution is 9.10. The fourth-order valence-electron chi connectivity index (χ4n) is 2.23. The molecule has 0 aliphatic carbocycles. The molecule has 24 heavy (non-hydrogen) atoms. The Labute approximate surface area is 156 Å². The van der Waals surface area contributed by atoms with Gasteiger partial charge in [0.25, 0.3) is 0 Å². The van der Waals surface area contributed by atoms with Crippen molar-refractivity contribution in [3.8, 4) is 17.2 Å². The lowest BCUT2D eigenvalue weighted by atomic mass is 10.2. The number of methoxy groups -OCH3 is 1. The van der Waals surface area contributed by atoms with Crippen LogP contribution in [0.2, 0.25) is 5.02 Å². The summed E-state index contributed by atoms with van der Waals surface area (Å²) < 4.78 is 17.8. The lowest BCUT2D eigenvalue weighted by Crippen LogP contribution is -2.11. The van der Waals surface area contributed by atoms with Gasteiger partial charge in [-0.1, -0.05) is 11.6 Å². The summed E-state index contributed by atoms with van der Waals surface area (Å²) in [4.78, 5) is 0. The van der Waals surface area contributed by atoms with Gasteiger partial charge in [-0.15, -0.1) is 0 Å². The molecule has 0 saturated carbocycles. The third kappa shape index (κ3) is 5.03. The monoisotopic (exact) mass is 413 g/mol. The molecule has 0 atom stereocenters. The largest absolute Gasteiger partial charge is 0.493 e. The summed E-state index contributed by atoms with van der Waals surface area (Å²) in [5.41, 5.74) is 2.10. The van der Waals surface area contributed by atoms with Crippen LogP contribution in [0.3, 0.4) is 0 Å². The molecular formula is C18H21BrClNO3. The molecule has 2 aromatic carbocycles. The van der Waals surface area contributed by atoms with Gasteiger partial charge in [-0.2, -0.15) is 0 Å². The van der Waals surface area contributed by atoms with Gasteiger partial charge in [-0.3, -0.25) is 0 Å². The highest BCUT2D eigenvalue weighted by Gasteiger charge is 2.11. The maximum Gasteiger partial charge on any atom is 0.175 e. The first-order valence-electron chi connectivity index (χ1n) is 7.58. The zero-order valence-electron chi connectivity index (χ0n) is 14.0. The molecule has 2 rings (SSSR count). The molecule has 0 unspecified atom stereocenters. The topological polar surface area (TPSA) is 39.7 Å². The number of halogens is 2. The van der Waals surface area contributed by atoms with Gasteiger partial charge in [0, 0.05) is 11.6 Å². The number of benzene rings is 2. The van der Waals surface area contributed by atoms with Crippen molar-refractivity contribution in [3.05, 3.63) is 51.0 Å². The van der Waals surface area contributed by atoms with Gasteiger partial charge < -0.3 is 19.5 Å². The third-order valence-electron chi connectivity index (χ3n) is 3.40. The number of aryl methyl sites for hydroxylation is 1. The molecule has 6 heteroatoms. The Morgan fingerprint density at radius 1 is 1.12 bits per heavy atom. The minimum Gasteiger partial charge on any atom is -0.493 e. The van der Waals surface area contributed by atoms with Crippen molar-refractivity contribution in [1.29, 1.82) is 0 Å². The molecule has 130 valence electrons. The highest BCUT2D eigenvalue weighted by Crippen LogP contribution is 2.36. The van der Waals surface area contributed by atoms with Crippen molar-refractivity contribution in [2.45, 2.75) is 13.5 Å². The minimum atomic E-state index is 0.405. The minimum absolute atomic E-state index is 0.405. The average molecular weight is 415 g/mol. The Kier molecular flexibility index (Phi) is 7.21. The first-order chi connectivity index (χ1) is 11.5. The van der Waals surface area contributed by atoms with Crippen LogP contribution in [0.25, 0.3) is 0 Å². The average Bonchev–Trinajstić information content (AvgIpc) is 2.56. The number of nitrogens with one attached hydrogen (secondary N) is 1. The fourth-order valence-corrected chi connectivity index (χ4v) is 2.95. The predicted molar refractivity (Wildman–Crippen MR) is 101 cm³/mol. The summed E-state index contributed by atoms with van der Waals surface area (Å²) in [6.45, 7) is 3.53. The lowest BCUT2D eigenvalue weighted by Gasteiger charge is -2.15. The molecular weight excluding hydrogens is 394 g/mol. The van der Waals surface area contributed by atoms with Gasteiger partial charge in [0.2, 0.25) is 0 Å². The first kappa shape index (κ1) is 18.9. The van der Waals surface area contributed by atoms with Gasteiger partial charge in [0.15, 0.2) is 11.5 Å². The van der Waals surface area contributed by atoms with E-state index in [0.717, 1.165) is 32.9 Å². The van der Waals surface area contributed by atoms with Crippen LogP contribution in [0.4, 0.5) is 0 Å². The summed E-state index contributed by atoms with van der Waals surface area (Å²) in [5.74, 6) is 2.14. The molecule has 0 saturated heterocycles. The molecule has 0 amide bonds. The van der Waals surface area contributed by atoms with Crippen LogP contribution in [-0.4, -0.2) is 27.4 Å². The van der Waals surface area contributed by atoms with E-state index in [9.17, 15) is 0 Å². The van der Waals surface area contributed by atoms with E-state index >= 15 is 0 Å². The lowest BCUT2D eigenvalue weighted by molar-refractivity contribution is 0.210. The highest BCUT2D eigenvalue weighted by atomic mass is 79.9. The van der Waals surface area contributed by atoms with E-state index in [0.29, 0.717) is 24.7 Å². The van der Waals surface area contributed by atoms with Gasteiger partial charge in [0.05, 0.1) is 11.6 Å². The van der Waals surface area contributed by atoms with E-state index in [4.69, 9.17) is 25.8 Å². The molecule has 0 aliphatic rings. The Hall–Kier alpha value is -1.43. The molecule has 4 nitrogen and oxygen atoms in total. The van der Waals surface area contributed by atoms with E-state index in [-0.39, 0.29) is 0 Å². The normalized spacial score (nSPS) is 10.5. The van der Waals surface area contributed by atoms with Gasteiger partial charge >= 0.3 is 0 Å². The Bertz CT molecular complexity index is 694. The molecule has 0 aromatic heterocycles. The Morgan fingerprint density at radius 2 is 1.88 bits per heavy atom. The maximum absolute atomic E-state index is 6.00. The summed E-state index contributed by atoms with van der Waals surface area (Å²) in [5, 5.41) is 3.84. The maximum atomic E-state index is 6.00. The fraction of sp³-hybridized carbons (Fsp3) is 0.333. The molecule has 0 spiro atoms. The quantitative estimate of drug-likeness (QED) is 0.641. The zero-order valence-corrected chi connectivity index (χ0v) is 16.3. The summed E-state index contributed by atoms with van der Waals surface area (Å²) >= 11 is 9.54. The molecule has 0 heterocycles. The molecule has 0 bridgehead atoms. The second kappa shape index (κ2) is 9.16. The van der Waals surface area contributed by atoms with Crippen molar-refractivity contribution in [2.75, 3.05) is 27.4 Å². The van der Waals surface area contributed by atoms with E-state index in [1.807, 2.05) is 44.3 Å². The van der Waals surface area contributed by atoms with Crippen LogP contribution >= 0.6 is 27.5 Å². The number of hydrogen-bond acceptors (Lipinski definition) is 4. The van der Waals surface area contributed by atoms with Crippen LogP contribution < -0.4 is 19.5 Å². The summed E-state index contributed by atoms with van der Waals surface area (Å²) in [7, 11) is 3.53. The molecule has 0 aliphatic heterocycles. The van der Waals surface area contributed by atoms with Gasteiger partial charge in [0.1, 0.15) is 19.0 Å². The van der Waals surface area contributed by atoms with E-state index < -0.39 is 0 Å². The van der Waals surface area contributed by atoms with Crippen molar-refractivity contribution >= 4 is 27.5 Å². The van der Waals surface area contributed by atoms with Crippen molar-refractivity contribution < 1.29 is 14.2 Å². The molecule has 0 radical (unpaired) electrons. The van der Waals surface area contributed by atoms with Crippen molar-refractivity contribution in [3.63, 3.8) is 0 Å². The number of rotatable bonds is 8. The summed E-state index contributed by atoms with van der Waals surface area (Å²) in [6, 6.07) is 9.55. The second-order valence-electron chi connectivity index (χ2n) is 5.25. The standard InChI is InChI=1S/C18H21BrClNO3/c1-12-8-14(4-5-16(12)20)23-6-7-24-18-15(19)9-13(11-21-2)10-17(18)22-3/h4-5,8-10,21H,6-7,11H2,1-3H3. The Morgan fingerprint density at radius 3 is 2.54 bits per heavy atom. The van der Waals surface area contributed by atoms with Crippen LogP contribution in [0.1, 0.15) is 11.1 Å². The van der Waals surface area contributed by atoms with Gasteiger partial charge in [-0.05, 0) is 71.4 Å². The first-order valence-corrected chi connectivity index (χ1v) is 8.75. The van der Waals surface area contributed by atoms with E-state index in [1.54, 1.807) is 7.11 Å². The van der Waals surface area contributed by atoms with Crippen LogP contribution in [0.15, 0.2) is 34.8 Å². The molecule has 1 N–H and O–H groups in total. The SMILES string of the molecule is CNCc1cc(Br)c(OCCOc2ccc(Cl)c(C)c2)c(OC)c1. The zero-order chi connectivity index (χ0) is 17.5. The van der Waals surface area contributed by atoms with Crippen LogP contribution in [-0.2, 0) is 6.54 Å². The van der Waals surface area contributed by atoms with E-state index in [2.05, 4.69) is 21.2 Å². The van der Waals surface area contributed by atoms with Crippen LogP contribution in [0, 0.1) is 6.92 Å². The van der Waals surface area contributed by atoms with Gasteiger partial charge in [-0.25, -0.2) is 0 Å². The Balaban J connectivity index is 1.95. The third-order valence-corrected chi connectivity index (χ3v) is 4.41. The van der Waals surface area contributed by atoms with E-state index in [1.165, 1.54) is 0 Å². The van der Waals surface area contributed by atoms with Crippen molar-refractivity contribution in [2.24, 2.45) is 0 Å². The molecule has 0 fully saturated rings. The number of ether oxygens (including phenoxy) is 3. The van der Waals surface area contributed by atoms with Crippen molar-refractivity contribution in [1.82, 2.24) is 5.32 Å². The smallest absolute Gasteiger partial charge is 0.175 e. The molecule has 2 aromatic rings. The summed E-state index contributed by atoms with van der Waals surface area (Å²) in [6.07, 6.45) is 0. The van der Waals surface area contributed by atoms with Crippen LogP contribution in [0.5, 0.6) is 17.2 Å². The second-order valence-corrected chi connectivity index (χ2v) is 6.51.